The van der Waals surface area contributed by atoms with Crippen LogP contribution in [0.1, 0.15) is 29.5 Å². The third-order valence-electron chi connectivity index (χ3n) is 4.56. The molecule has 6 nitrogen and oxygen atoms in total. The Morgan fingerprint density at radius 1 is 1.04 bits per heavy atom. The molecule has 1 unspecified atom stereocenters. The predicted octanol–water partition coefficient (Wildman–Crippen LogP) is 3.52. The molecule has 27 heavy (non-hydrogen) atoms. The number of pyridine rings is 1. The van der Waals surface area contributed by atoms with Gasteiger partial charge in [-0.3, -0.25) is 0 Å². The van der Waals surface area contributed by atoms with Crippen LogP contribution in [0.15, 0.2) is 65.1 Å². The first-order valence-electron chi connectivity index (χ1n) is 8.82. The zero-order valence-electron chi connectivity index (χ0n) is 14.7. The van der Waals surface area contributed by atoms with Crippen molar-refractivity contribution in [3.05, 3.63) is 70.8 Å². The smallest absolute Gasteiger partial charge is 0.244 e. The van der Waals surface area contributed by atoms with E-state index in [1.165, 1.54) is 10.5 Å². The van der Waals surface area contributed by atoms with Gasteiger partial charge in [0.1, 0.15) is 21.8 Å². The first kappa shape index (κ1) is 18.1. The first-order chi connectivity index (χ1) is 13.1. The summed E-state index contributed by atoms with van der Waals surface area (Å²) < 4.78 is 26.8. The van der Waals surface area contributed by atoms with E-state index in [-0.39, 0.29) is 10.9 Å². The molecule has 1 aliphatic heterocycles. The summed E-state index contributed by atoms with van der Waals surface area (Å²) in [5, 5.41) is 6.24. The van der Waals surface area contributed by atoms with Crippen LogP contribution in [0.3, 0.4) is 0 Å². The Kier molecular flexibility index (Phi) is 5.20. The highest BCUT2D eigenvalue weighted by atomic mass is 32.2. The molecule has 0 bridgehead atoms. The Hall–Kier alpha value is -2.29. The van der Waals surface area contributed by atoms with Gasteiger partial charge in [-0.25, -0.2) is 18.4 Å². The maximum absolute atomic E-state index is 12.6. The van der Waals surface area contributed by atoms with Gasteiger partial charge >= 0.3 is 0 Å². The zero-order valence-corrected chi connectivity index (χ0v) is 16.3. The van der Waals surface area contributed by atoms with Crippen molar-refractivity contribution in [3.8, 4) is 0 Å². The Balaban J connectivity index is 1.58. The standard InChI is InChI=1S/C19H20N4O2S2/c24-27(25,23-11-4-5-12-23)16-8-9-17(21-14-16)22-18(19-20-10-13-26-19)15-6-2-1-3-7-15/h1-3,6-10,13-14,18H,4-5,11-12H2,(H,21,22). The van der Waals surface area contributed by atoms with Crippen LogP contribution in [-0.2, 0) is 10.0 Å². The van der Waals surface area contributed by atoms with Crippen LogP contribution in [0.5, 0.6) is 0 Å². The fourth-order valence-corrected chi connectivity index (χ4v) is 5.33. The monoisotopic (exact) mass is 400 g/mol. The number of sulfonamides is 1. The molecule has 2 aromatic heterocycles. The van der Waals surface area contributed by atoms with Gasteiger partial charge in [0.05, 0.1) is 0 Å². The van der Waals surface area contributed by atoms with E-state index in [1.54, 1.807) is 29.7 Å². The number of thiazole rings is 1. The molecule has 140 valence electrons. The maximum Gasteiger partial charge on any atom is 0.244 e. The Morgan fingerprint density at radius 3 is 2.44 bits per heavy atom. The molecule has 3 heterocycles. The molecule has 1 atom stereocenters. The van der Waals surface area contributed by atoms with E-state index in [0.717, 1.165) is 23.4 Å². The lowest BCUT2D eigenvalue weighted by Gasteiger charge is -2.18. The number of hydrogen-bond acceptors (Lipinski definition) is 6. The van der Waals surface area contributed by atoms with Gasteiger partial charge in [-0.15, -0.1) is 11.3 Å². The van der Waals surface area contributed by atoms with Gasteiger partial charge in [0.25, 0.3) is 0 Å². The molecule has 0 amide bonds. The van der Waals surface area contributed by atoms with Gasteiger partial charge in [0.2, 0.25) is 10.0 Å². The van der Waals surface area contributed by atoms with Gasteiger partial charge in [-0.1, -0.05) is 30.3 Å². The fraction of sp³-hybridized carbons (Fsp3) is 0.263. The molecule has 1 aromatic carbocycles. The third kappa shape index (κ3) is 3.87. The summed E-state index contributed by atoms with van der Waals surface area (Å²) in [6, 6.07) is 13.2. The van der Waals surface area contributed by atoms with Crippen LogP contribution in [0.2, 0.25) is 0 Å². The lowest BCUT2D eigenvalue weighted by atomic mass is 10.1. The minimum Gasteiger partial charge on any atom is -0.357 e. The quantitative estimate of drug-likeness (QED) is 0.685. The molecule has 1 aliphatic rings. The average Bonchev–Trinajstić information content (AvgIpc) is 3.41. The van der Waals surface area contributed by atoms with E-state index in [2.05, 4.69) is 15.3 Å². The van der Waals surface area contributed by atoms with Crippen LogP contribution in [-0.4, -0.2) is 35.8 Å². The van der Waals surface area contributed by atoms with Crippen LogP contribution in [0, 0.1) is 0 Å². The minimum absolute atomic E-state index is 0.139. The van der Waals surface area contributed by atoms with Crippen molar-refractivity contribution < 1.29 is 8.42 Å². The van der Waals surface area contributed by atoms with Gasteiger partial charge in [-0.05, 0) is 30.5 Å². The lowest BCUT2D eigenvalue weighted by Crippen LogP contribution is -2.28. The fourth-order valence-electron chi connectivity index (χ4n) is 3.15. The number of hydrogen-bond donors (Lipinski definition) is 1. The molecule has 3 aromatic rings. The molecule has 8 heteroatoms. The molecule has 1 saturated heterocycles. The SMILES string of the molecule is O=S(=O)(c1ccc(NC(c2ccccc2)c2nccs2)nc1)N1CCCC1. The van der Waals surface area contributed by atoms with E-state index < -0.39 is 10.0 Å². The average molecular weight is 401 g/mol. The number of rotatable bonds is 6. The molecule has 0 radical (unpaired) electrons. The highest BCUT2D eigenvalue weighted by Crippen LogP contribution is 2.28. The topological polar surface area (TPSA) is 75.2 Å². The minimum atomic E-state index is -3.45. The second kappa shape index (κ2) is 7.75. The predicted molar refractivity (Wildman–Crippen MR) is 106 cm³/mol. The first-order valence-corrected chi connectivity index (χ1v) is 11.1. The molecule has 4 rings (SSSR count). The molecule has 0 spiro atoms. The molecular weight excluding hydrogens is 380 g/mol. The van der Waals surface area contributed by atoms with E-state index >= 15 is 0 Å². The largest absolute Gasteiger partial charge is 0.357 e. The van der Waals surface area contributed by atoms with Crippen LogP contribution >= 0.6 is 11.3 Å². The molecule has 1 fully saturated rings. The van der Waals surface area contributed by atoms with Crippen molar-refractivity contribution >= 4 is 27.2 Å². The Bertz CT molecular complexity index is 968. The molecule has 1 N–H and O–H groups in total. The van der Waals surface area contributed by atoms with Crippen molar-refractivity contribution in [1.82, 2.24) is 14.3 Å². The molecular formula is C19H20N4O2S2. The van der Waals surface area contributed by atoms with E-state index in [0.29, 0.717) is 18.9 Å². The van der Waals surface area contributed by atoms with Crippen molar-refractivity contribution in [1.29, 1.82) is 0 Å². The van der Waals surface area contributed by atoms with Gasteiger partial charge in [0, 0.05) is 30.9 Å². The number of aromatic nitrogens is 2. The lowest BCUT2D eigenvalue weighted by molar-refractivity contribution is 0.477. The van der Waals surface area contributed by atoms with Gasteiger partial charge in [-0.2, -0.15) is 4.31 Å². The summed E-state index contributed by atoms with van der Waals surface area (Å²) in [5.41, 5.74) is 1.07. The maximum atomic E-state index is 12.6. The number of anilines is 1. The van der Waals surface area contributed by atoms with E-state index in [4.69, 9.17) is 0 Å². The second-order valence-corrected chi connectivity index (χ2v) is 9.21. The normalized spacial score (nSPS) is 16.3. The summed E-state index contributed by atoms with van der Waals surface area (Å²) in [6.07, 6.45) is 5.04. The summed E-state index contributed by atoms with van der Waals surface area (Å²) in [4.78, 5) is 9.01. The van der Waals surface area contributed by atoms with Crippen LogP contribution < -0.4 is 5.32 Å². The number of benzene rings is 1. The van der Waals surface area contributed by atoms with Crippen molar-refractivity contribution in [3.63, 3.8) is 0 Å². The highest BCUT2D eigenvalue weighted by Gasteiger charge is 2.27. The Morgan fingerprint density at radius 2 is 1.81 bits per heavy atom. The number of nitrogens with one attached hydrogen (secondary N) is 1. The van der Waals surface area contributed by atoms with Crippen molar-refractivity contribution in [2.24, 2.45) is 0 Å². The van der Waals surface area contributed by atoms with Crippen LogP contribution in [0.25, 0.3) is 0 Å². The third-order valence-corrected chi connectivity index (χ3v) is 7.29. The van der Waals surface area contributed by atoms with E-state index in [1.807, 2.05) is 35.7 Å². The number of nitrogens with zero attached hydrogens (tertiary/aromatic N) is 3. The zero-order chi connectivity index (χ0) is 18.7. The second-order valence-electron chi connectivity index (χ2n) is 6.35. The summed E-state index contributed by atoms with van der Waals surface area (Å²) in [7, 11) is -3.45. The molecule has 0 saturated carbocycles. The van der Waals surface area contributed by atoms with Crippen LogP contribution in [0.4, 0.5) is 5.82 Å². The molecule has 0 aliphatic carbocycles. The van der Waals surface area contributed by atoms with Crippen molar-refractivity contribution in [2.45, 2.75) is 23.8 Å². The summed E-state index contributed by atoms with van der Waals surface area (Å²) in [6.45, 7) is 1.17. The van der Waals surface area contributed by atoms with Gasteiger partial charge < -0.3 is 5.32 Å². The Labute approximate surface area is 163 Å². The van der Waals surface area contributed by atoms with Crippen molar-refractivity contribution in [2.75, 3.05) is 18.4 Å². The highest BCUT2D eigenvalue weighted by molar-refractivity contribution is 7.89. The van der Waals surface area contributed by atoms with E-state index in [9.17, 15) is 8.42 Å². The van der Waals surface area contributed by atoms with Gasteiger partial charge in [0.15, 0.2) is 0 Å². The summed E-state index contributed by atoms with van der Waals surface area (Å²) in [5.74, 6) is 0.611. The summed E-state index contributed by atoms with van der Waals surface area (Å²) >= 11 is 1.57.